The molecule has 0 spiro atoms. The Labute approximate surface area is 176 Å². The van der Waals surface area contributed by atoms with Crippen molar-refractivity contribution in [3.05, 3.63) is 71.1 Å². The quantitative estimate of drug-likeness (QED) is 0.400. The number of rotatable bonds is 7. The molecule has 0 radical (unpaired) electrons. The van der Waals surface area contributed by atoms with Crippen LogP contribution in [0.15, 0.2) is 64.3 Å². The normalized spacial score (nSPS) is 11.5. The lowest BCUT2D eigenvalue weighted by Crippen LogP contribution is -2.22. The number of hydrogen-bond donors (Lipinski definition) is 0. The van der Waals surface area contributed by atoms with Crippen molar-refractivity contribution in [2.75, 3.05) is 6.61 Å². The molecule has 1 unspecified atom stereocenters. The molecule has 4 aromatic rings. The van der Waals surface area contributed by atoms with Gasteiger partial charge in [-0.25, -0.2) is 14.6 Å². The van der Waals surface area contributed by atoms with E-state index in [1.807, 2.05) is 6.07 Å². The van der Waals surface area contributed by atoms with Crippen LogP contribution in [0, 0.1) is 0 Å². The summed E-state index contributed by atoms with van der Waals surface area (Å²) in [5.41, 5.74) is -1.35. The van der Waals surface area contributed by atoms with Crippen molar-refractivity contribution < 1.29 is 18.0 Å². The van der Waals surface area contributed by atoms with Crippen molar-refractivity contribution >= 4 is 9.24 Å². The fourth-order valence-corrected chi connectivity index (χ4v) is 2.65. The number of ether oxygens (including phenoxy) is 1. The van der Waals surface area contributed by atoms with Crippen LogP contribution < -0.4 is 10.3 Å². The van der Waals surface area contributed by atoms with E-state index in [2.05, 4.69) is 25.2 Å². The SMILES string of the molecule is O=c1ccc(-c2cnc(OCC(F)(F)P)nc2)nn1Cc1cc(-c2ccccn2)no1. The molecule has 0 amide bonds. The van der Waals surface area contributed by atoms with Gasteiger partial charge in [0.2, 0.25) is 0 Å². The molecule has 0 N–H and O–H groups in total. The van der Waals surface area contributed by atoms with Crippen LogP contribution in [0.25, 0.3) is 22.6 Å². The smallest absolute Gasteiger partial charge is 0.316 e. The summed E-state index contributed by atoms with van der Waals surface area (Å²) in [7, 11) is 1.38. The van der Waals surface area contributed by atoms with Crippen molar-refractivity contribution in [1.29, 1.82) is 0 Å². The number of hydrogen-bond acceptors (Lipinski definition) is 8. The summed E-state index contributed by atoms with van der Waals surface area (Å²) < 4.78 is 37.0. The van der Waals surface area contributed by atoms with Crippen molar-refractivity contribution in [2.24, 2.45) is 0 Å². The van der Waals surface area contributed by atoms with Crippen LogP contribution in [0.4, 0.5) is 8.78 Å². The van der Waals surface area contributed by atoms with Crippen molar-refractivity contribution in [1.82, 2.24) is 29.9 Å². The van der Waals surface area contributed by atoms with Gasteiger partial charge in [0, 0.05) is 36.3 Å². The fraction of sp³-hybridized carbons (Fsp3) is 0.158. The second-order valence-electron chi connectivity index (χ2n) is 6.41. The van der Waals surface area contributed by atoms with Gasteiger partial charge in [0.25, 0.3) is 11.2 Å². The Balaban J connectivity index is 1.51. The zero-order valence-electron chi connectivity index (χ0n) is 15.9. The summed E-state index contributed by atoms with van der Waals surface area (Å²) in [5, 5.41) is 8.26. The van der Waals surface area contributed by atoms with E-state index in [0.29, 0.717) is 28.4 Å². The molecule has 1 atom stereocenters. The molecule has 0 aromatic carbocycles. The topological polar surface area (TPSA) is 109 Å². The van der Waals surface area contributed by atoms with Gasteiger partial charge in [-0.3, -0.25) is 9.78 Å². The predicted molar refractivity (Wildman–Crippen MR) is 109 cm³/mol. The highest BCUT2D eigenvalue weighted by Crippen LogP contribution is 2.23. The number of aromatic nitrogens is 6. The van der Waals surface area contributed by atoms with E-state index in [0.717, 1.165) is 0 Å². The average molecular weight is 444 g/mol. The highest BCUT2D eigenvalue weighted by atomic mass is 31.0. The minimum Gasteiger partial charge on any atom is -0.457 e. The Hall–Kier alpha value is -3.59. The summed E-state index contributed by atoms with van der Waals surface area (Å²) in [6.07, 6.45) is 4.38. The number of halogens is 2. The van der Waals surface area contributed by atoms with Crippen molar-refractivity contribution in [3.8, 4) is 28.7 Å². The first-order valence-electron chi connectivity index (χ1n) is 8.94. The molecule has 4 rings (SSSR count). The Morgan fingerprint density at radius 2 is 1.87 bits per heavy atom. The van der Waals surface area contributed by atoms with E-state index < -0.39 is 12.3 Å². The van der Waals surface area contributed by atoms with Crippen LogP contribution in [-0.4, -0.2) is 42.2 Å². The van der Waals surface area contributed by atoms with Crippen LogP contribution >= 0.6 is 9.24 Å². The van der Waals surface area contributed by atoms with Gasteiger partial charge in [-0.2, -0.15) is 13.9 Å². The third-order valence-corrected chi connectivity index (χ3v) is 4.14. The molecule has 158 valence electrons. The summed E-state index contributed by atoms with van der Waals surface area (Å²) in [6, 6.07) is 9.76. The van der Waals surface area contributed by atoms with E-state index in [4.69, 9.17) is 9.26 Å². The van der Waals surface area contributed by atoms with E-state index in [-0.39, 0.29) is 18.1 Å². The van der Waals surface area contributed by atoms with Crippen molar-refractivity contribution in [2.45, 2.75) is 12.2 Å². The number of alkyl halides is 2. The van der Waals surface area contributed by atoms with Crippen LogP contribution in [0.1, 0.15) is 5.76 Å². The molecular formula is C19H15F2N6O3P. The van der Waals surface area contributed by atoms with Crippen LogP contribution in [-0.2, 0) is 6.54 Å². The zero-order chi connectivity index (χ0) is 21.8. The summed E-state index contributed by atoms with van der Waals surface area (Å²) in [4.78, 5) is 24.2. The van der Waals surface area contributed by atoms with Gasteiger partial charge in [-0.05, 0) is 18.2 Å². The lowest BCUT2D eigenvalue weighted by molar-refractivity contribution is 0.0422. The van der Waals surface area contributed by atoms with Gasteiger partial charge in [0.05, 0.1) is 11.4 Å². The number of nitrogens with zero attached hydrogens (tertiary/aromatic N) is 6. The monoisotopic (exact) mass is 444 g/mol. The summed E-state index contributed by atoms with van der Waals surface area (Å²) >= 11 is 0. The molecule has 0 bridgehead atoms. The molecule has 0 aliphatic rings. The van der Waals surface area contributed by atoms with Crippen LogP contribution in [0.5, 0.6) is 6.01 Å². The molecule has 12 heteroatoms. The van der Waals surface area contributed by atoms with E-state index >= 15 is 0 Å². The van der Waals surface area contributed by atoms with Gasteiger partial charge < -0.3 is 9.26 Å². The first kappa shape index (κ1) is 20.7. The minimum atomic E-state index is -3.07. The number of pyridine rings is 1. The second kappa shape index (κ2) is 8.65. The Morgan fingerprint density at radius 3 is 2.58 bits per heavy atom. The maximum atomic E-state index is 12.8. The second-order valence-corrected chi connectivity index (χ2v) is 7.26. The molecular weight excluding hydrogens is 429 g/mol. The lowest BCUT2D eigenvalue weighted by atomic mass is 10.2. The third kappa shape index (κ3) is 5.32. The highest BCUT2D eigenvalue weighted by molar-refractivity contribution is 7.18. The van der Waals surface area contributed by atoms with Gasteiger partial charge >= 0.3 is 6.01 Å². The van der Waals surface area contributed by atoms with Crippen LogP contribution in [0.3, 0.4) is 0 Å². The maximum Gasteiger partial charge on any atom is 0.316 e. The molecule has 4 aromatic heterocycles. The van der Waals surface area contributed by atoms with E-state index in [9.17, 15) is 13.6 Å². The summed E-state index contributed by atoms with van der Waals surface area (Å²) in [5.74, 6) is 0.422. The highest BCUT2D eigenvalue weighted by Gasteiger charge is 2.22. The average Bonchev–Trinajstić information content (AvgIpc) is 3.23. The first-order valence-corrected chi connectivity index (χ1v) is 9.52. The molecule has 0 saturated heterocycles. The molecule has 9 nitrogen and oxygen atoms in total. The van der Waals surface area contributed by atoms with E-state index in [1.165, 1.54) is 38.4 Å². The Morgan fingerprint density at radius 1 is 1.06 bits per heavy atom. The molecule has 0 aliphatic carbocycles. The minimum absolute atomic E-state index is 0.0534. The predicted octanol–water partition coefficient (Wildman–Crippen LogP) is 2.65. The van der Waals surface area contributed by atoms with Gasteiger partial charge in [-0.1, -0.05) is 20.5 Å². The fourth-order valence-electron chi connectivity index (χ4n) is 2.57. The first-order chi connectivity index (χ1) is 14.9. The largest absolute Gasteiger partial charge is 0.457 e. The van der Waals surface area contributed by atoms with Crippen LogP contribution in [0.2, 0.25) is 0 Å². The molecule has 0 aliphatic heterocycles. The molecule has 4 heterocycles. The lowest BCUT2D eigenvalue weighted by Gasteiger charge is -2.10. The standard InChI is InChI=1S/C19H15F2N6O3P/c20-19(21,31)11-29-18-23-8-12(9-24-18)14-4-5-17(28)27(25-14)10-13-7-16(26-30-13)15-3-1-2-6-22-15/h1-9H,10-11,31H2. The van der Waals surface area contributed by atoms with E-state index in [1.54, 1.807) is 24.4 Å². The van der Waals surface area contributed by atoms with Gasteiger partial charge in [0.15, 0.2) is 12.4 Å². The third-order valence-electron chi connectivity index (χ3n) is 3.98. The molecule has 0 saturated carbocycles. The molecule has 31 heavy (non-hydrogen) atoms. The van der Waals surface area contributed by atoms with Gasteiger partial charge in [-0.15, -0.1) is 0 Å². The molecule has 0 fully saturated rings. The zero-order valence-corrected chi connectivity index (χ0v) is 17.0. The Bertz CT molecular complexity index is 1230. The van der Waals surface area contributed by atoms with Crippen molar-refractivity contribution in [3.63, 3.8) is 0 Å². The van der Waals surface area contributed by atoms with Gasteiger partial charge in [0.1, 0.15) is 12.2 Å². The Kier molecular flexibility index (Phi) is 5.77. The maximum absolute atomic E-state index is 12.8. The summed E-state index contributed by atoms with van der Waals surface area (Å²) in [6.45, 7) is -0.810.